The van der Waals surface area contributed by atoms with Crippen LogP contribution >= 0.6 is 24.8 Å². The molecule has 1 aromatic heterocycles. The smallest absolute Gasteiger partial charge is 0.270 e. The zero-order chi connectivity index (χ0) is 13.2. The van der Waals surface area contributed by atoms with Crippen LogP contribution in [0.4, 0.5) is 5.82 Å². The number of pyridine rings is 1. The molecular weight excluding hydrogens is 311 g/mol. The highest BCUT2D eigenvalue weighted by Crippen LogP contribution is 2.26. The summed E-state index contributed by atoms with van der Waals surface area (Å²) >= 11 is 0. The van der Waals surface area contributed by atoms with Crippen molar-refractivity contribution in [2.45, 2.75) is 37.8 Å². The van der Waals surface area contributed by atoms with Crippen LogP contribution in [-0.4, -0.2) is 41.0 Å². The zero-order valence-electron chi connectivity index (χ0n) is 11.8. The molecule has 1 amide bonds. The van der Waals surface area contributed by atoms with Crippen molar-refractivity contribution in [2.75, 3.05) is 18.8 Å². The lowest BCUT2D eigenvalue weighted by Gasteiger charge is -2.35. The molecule has 0 saturated carbocycles. The molecule has 0 radical (unpaired) electrons. The molecule has 0 aliphatic carbocycles. The molecule has 0 aromatic carbocycles. The van der Waals surface area contributed by atoms with Crippen LogP contribution in [0.25, 0.3) is 0 Å². The first kappa shape index (κ1) is 18.0. The lowest BCUT2D eigenvalue weighted by molar-refractivity contribution is 0.0891. The van der Waals surface area contributed by atoms with Gasteiger partial charge in [0.1, 0.15) is 11.5 Å². The van der Waals surface area contributed by atoms with Gasteiger partial charge < -0.3 is 16.0 Å². The Morgan fingerprint density at radius 3 is 2.86 bits per heavy atom. The molecule has 2 aliphatic rings. The Labute approximate surface area is 137 Å². The fraction of sp³-hybridized carbons (Fsp3) is 0.571. The highest BCUT2D eigenvalue weighted by molar-refractivity contribution is 5.92. The van der Waals surface area contributed by atoms with E-state index in [1.807, 2.05) is 0 Å². The van der Waals surface area contributed by atoms with E-state index in [9.17, 15) is 4.79 Å². The first-order valence-corrected chi connectivity index (χ1v) is 7.00. The van der Waals surface area contributed by atoms with E-state index in [0.717, 1.165) is 19.4 Å². The Bertz CT molecular complexity index is 486. The molecular formula is C14H22Cl2N4O. The molecule has 5 nitrogen and oxygen atoms in total. The Morgan fingerprint density at radius 2 is 2.10 bits per heavy atom. The second kappa shape index (κ2) is 7.82. The zero-order valence-corrected chi connectivity index (χ0v) is 13.5. The summed E-state index contributed by atoms with van der Waals surface area (Å²) < 4.78 is 0. The van der Waals surface area contributed by atoms with Gasteiger partial charge in [0.05, 0.1) is 0 Å². The number of aromatic nitrogens is 1. The number of anilines is 1. The normalized spacial score (nSPS) is 24.4. The highest BCUT2D eigenvalue weighted by Gasteiger charge is 2.32. The van der Waals surface area contributed by atoms with Crippen molar-refractivity contribution in [3.8, 4) is 0 Å². The van der Waals surface area contributed by atoms with Crippen LogP contribution < -0.4 is 11.1 Å². The molecule has 2 fully saturated rings. The van der Waals surface area contributed by atoms with Gasteiger partial charge in [-0.2, -0.15) is 0 Å². The third-order valence-electron chi connectivity index (χ3n) is 4.16. The number of hydrogen-bond donors (Lipinski definition) is 2. The Balaban J connectivity index is 0.00000110. The predicted octanol–water partition coefficient (Wildman–Crippen LogP) is 1.86. The summed E-state index contributed by atoms with van der Waals surface area (Å²) in [6, 6.07) is 6.09. The molecule has 118 valence electrons. The number of fused-ring (bicyclic) bond motifs is 1. The number of carbonyl (C=O) groups excluding carboxylic acids is 1. The van der Waals surface area contributed by atoms with Gasteiger partial charge in [-0.3, -0.25) is 4.79 Å². The lowest BCUT2D eigenvalue weighted by atomic mass is 9.97. The van der Waals surface area contributed by atoms with Crippen LogP contribution in [0.15, 0.2) is 18.2 Å². The number of nitrogen functional groups attached to an aromatic ring is 1. The van der Waals surface area contributed by atoms with E-state index in [1.54, 1.807) is 18.2 Å². The summed E-state index contributed by atoms with van der Waals surface area (Å²) in [6.45, 7) is 2.32. The maximum Gasteiger partial charge on any atom is 0.270 e. The minimum atomic E-state index is -0.108. The van der Waals surface area contributed by atoms with Crippen LogP contribution in [-0.2, 0) is 0 Å². The number of rotatable bonds is 2. The lowest BCUT2D eigenvalue weighted by Crippen LogP contribution is -2.47. The van der Waals surface area contributed by atoms with E-state index < -0.39 is 0 Å². The first-order chi connectivity index (χ1) is 9.22. The topological polar surface area (TPSA) is 71.2 Å². The van der Waals surface area contributed by atoms with Crippen LogP contribution in [0.5, 0.6) is 0 Å². The summed E-state index contributed by atoms with van der Waals surface area (Å²) in [5, 5.41) is 3.09. The van der Waals surface area contributed by atoms with Gasteiger partial charge in [-0.25, -0.2) is 4.98 Å². The number of nitrogens with one attached hydrogen (secondary N) is 1. The highest BCUT2D eigenvalue weighted by atomic mass is 35.5. The van der Waals surface area contributed by atoms with Crippen molar-refractivity contribution in [2.24, 2.45) is 0 Å². The Hall–Kier alpha value is -1.04. The molecule has 3 rings (SSSR count). The second-order valence-corrected chi connectivity index (χ2v) is 5.47. The molecule has 2 unspecified atom stereocenters. The summed E-state index contributed by atoms with van der Waals surface area (Å²) in [5.74, 6) is 0.280. The minimum Gasteiger partial charge on any atom is -0.384 e. The van der Waals surface area contributed by atoms with E-state index in [0.29, 0.717) is 17.6 Å². The van der Waals surface area contributed by atoms with Crippen molar-refractivity contribution in [1.29, 1.82) is 0 Å². The van der Waals surface area contributed by atoms with Gasteiger partial charge in [0.25, 0.3) is 5.91 Å². The molecule has 0 bridgehead atoms. The van der Waals surface area contributed by atoms with Crippen LogP contribution in [0.3, 0.4) is 0 Å². The number of amides is 1. The number of carbonyl (C=O) groups is 1. The Kier molecular flexibility index (Phi) is 6.71. The number of halogens is 2. The van der Waals surface area contributed by atoms with Gasteiger partial charge in [0, 0.05) is 18.6 Å². The van der Waals surface area contributed by atoms with Gasteiger partial charge in [0.2, 0.25) is 0 Å². The summed E-state index contributed by atoms with van der Waals surface area (Å²) in [5.41, 5.74) is 6.01. The molecule has 7 heteroatoms. The average molecular weight is 333 g/mol. The monoisotopic (exact) mass is 332 g/mol. The SMILES string of the molecule is Cl.Cl.Nc1cccc(C(=O)NC2CCN3CCCC3C2)n1. The number of nitrogens with zero attached hydrogens (tertiary/aromatic N) is 2. The van der Waals surface area contributed by atoms with E-state index in [4.69, 9.17) is 5.73 Å². The maximum absolute atomic E-state index is 12.1. The van der Waals surface area contributed by atoms with Gasteiger partial charge in [-0.15, -0.1) is 24.8 Å². The van der Waals surface area contributed by atoms with Crippen LogP contribution in [0.1, 0.15) is 36.2 Å². The van der Waals surface area contributed by atoms with Gasteiger partial charge in [0.15, 0.2) is 0 Å². The van der Waals surface area contributed by atoms with Gasteiger partial charge in [-0.1, -0.05) is 6.07 Å². The molecule has 1 aromatic rings. The van der Waals surface area contributed by atoms with Gasteiger partial charge >= 0.3 is 0 Å². The number of hydrogen-bond acceptors (Lipinski definition) is 4. The standard InChI is InChI=1S/C14H20N4O.2ClH/c15-13-5-1-4-12(17-13)14(19)16-10-6-8-18-7-2-3-11(18)9-10;;/h1,4-5,10-11H,2-3,6-9H2,(H2,15,17)(H,16,19);2*1H. The molecule has 2 atom stereocenters. The van der Waals surface area contributed by atoms with E-state index in [-0.39, 0.29) is 36.8 Å². The van der Waals surface area contributed by atoms with Crippen LogP contribution in [0, 0.1) is 0 Å². The van der Waals surface area contributed by atoms with Crippen molar-refractivity contribution in [1.82, 2.24) is 15.2 Å². The van der Waals surface area contributed by atoms with E-state index in [1.165, 1.54) is 19.4 Å². The van der Waals surface area contributed by atoms with Crippen molar-refractivity contribution in [3.63, 3.8) is 0 Å². The fourth-order valence-corrected chi connectivity index (χ4v) is 3.19. The largest absolute Gasteiger partial charge is 0.384 e. The summed E-state index contributed by atoms with van der Waals surface area (Å²) in [7, 11) is 0. The van der Waals surface area contributed by atoms with Gasteiger partial charge in [-0.05, 0) is 44.4 Å². The van der Waals surface area contributed by atoms with Crippen molar-refractivity contribution >= 4 is 36.5 Å². The van der Waals surface area contributed by atoms with Crippen molar-refractivity contribution < 1.29 is 4.79 Å². The second-order valence-electron chi connectivity index (χ2n) is 5.47. The third kappa shape index (κ3) is 4.22. The third-order valence-corrected chi connectivity index (χ3v) is 4.16. The summed E-state index contributed by atoms with van der Waals surface area (Å²) in [4.78, 5) is 18.7. The fourth-order valence-electron chi connectivity index (χ4n) is 3.19. The number of piperidine rings is 1. The average Bonchev–Trinajstić information content (AvgIpc) is 2.86. The quantitative estimate of drug-likeness (QED) is 0.867. The molecule has 2 aliphatic heterocycles. The molecule has 21 heavy (non-hydrogen) atoms. The molecule has 3 N–H and O–H groups in total. The molecule has 0 spiro atoms. The van der Waals surface area contributed by atoms with E-state index in [2.05, 4.69) is 15.2 Å². The molecule has 2 saturated heterocycles. The first-order valence-electron chi connectivity index (χ1n) is 7.00. The minimum absolute atomic E-state index is 0. The maximum atomic E-state index is 12.1. The molecule has 3 heterocycles. The van der Waals surface area contributed by atoms with Crippen LogP contribution in [0.2, 0.25) is 0 Å². The van der Waals surface area contributed by atoms with Crippen molar-refractivity contribution in [3.05, 3.63) is 23.9 Å². The van der Waals surface area contributed by atoms with E-state index >= 15 is 0 Å². The Morgan fingerprint density at radius 1 is 1.29 bits per heavy atom. The summed E-state index contributed by atoms with van der Waals surface area (Å²) in [6.07, 6.45) is 4.66. The number of nitrogens with two attached hydrogens (primary N) is 1. The predicted molar refractivity (Wildman–Crippen MR) is 88.2 cm³/mol.